The van der Waals surface area contributed by atoms with E-state index in [1.54, 1.807) is 0 Å². The number of hydrogen-bond acceptors (Lipinski definition) is 6. The summed E-state index contributed by atoms with van der Waals surface area (Å²) in [6.45, 7) is 0.521. The van der Waals surface area contributed by atoms with Crippen molar-refractivity contribution in [3.63, 3.8) is 0 Å². The first kappa shape index (κ1) is 11.7. The van der Waals surface area contributed by atoms with Gasteiger partial charge in [-0.15, -0.1) is 0 Å². The molecule has 2 rings (SSSR count). The third-order valence-electron chi connectivity index (χ3n) is 2.63. The second-order valence-electron chi connectivity index (χ2n) is 3.83. The van der Waals surface area contributed by atoms with Crippen molar-refractivity contribution in [1.82, 2.24) is 9.97 Å². The second kappa shape index (κ2) is 4.59. The molecule has 1 saturated heterocycles. The van der Waals surface area contributed by atoms with Crippen molar-refractivity contribution in [3.05, 3.63) is 11.8 Å². The highest BCUT2D eigenvalue weighted by atomic mass is 32.1. The van der Waals surface area contributed by atoms with Gasteiger partial charge >= 0.3 is 0 Å². The van der Waals surface area contributed by atoms with Crippen molar-refractivity contribution in [1.29, 1.82) is 5.26 Å². The first-order valence-corrected chi connectivity index (χ1v) is 5.72. The van der Waals surface area contributed by atoms with Gasteiger partial charge in [-0.25, -0.2) is 4.98 Å². The van der Waals surface area contributed by atoms with Gasteiger partial charge in [-0.3, -0.25) is 9.69 Å². The van der Waals surface area contributed by atoms with E-state index in [1.165, 1.54) is 11.1 Å². The van der Waals surface area contributed by atoms with Gasteiger partial charge in [0.05, 0.1) is 6.20 Å². The lowest BCUT2D eigenvalue weighted by molar-refractivity contribution is -0.117. The summed E-state index contributed by atoms with van der Waals surface area (Å²) in [6, 6.07) is 1.96. The molecule has 1 amide bonds. The van der Waals surface area contributed by atoms with Crippen molar-refractivity contribution < 1.29 is 4.79 Å². The lowest BCUT2D eigenvalue weighted by Crippen LogP contribution is -2.27. The molecule has 0 aliphatic carbocycles. The van der Waals surface area contributed by atoms with Gasteiger partial charge in [0, 0.05) is 13.0 Å². The van der Waals surface area contributed by atoms with E-state index in [2.05, 4.69) is 22.6 Å². The number of nitrogens with two attached hydrogens (primary N) is 1. The molecule has 1 fully saturated rings. The highest BCUT2D eigenvalue weighted by molar-refractivity contribution is 7.80. The van der Waals surface area contributed by atoms with E-state index in [9.17, 15) is 4.79 Å². The van der Waals surface area contributed by atoms with Crippen molar-refractivity contribution in [2.45, 2.75) is 6.42 Å². The van der Waals surface area contributed by atoms with E-state index in [1.807, 2.05) is 6.07 Å². The van der Waals surface area contributed by atoms with Crippen LogP contribution in [-0.4, -0.2) is 28.2 Å². The second-order valence-corrected chi connectivity index (χ2v) is 4.20. The van der Waals surface area contributed by atoms with Crippen LogP contribution in [0.3, 0.4) is 0 Å². The van der Waals surface area contributed by atoms with E-state index < -0.39 is 0 Å². The van der Waals surface area contributed by atoms with Crippen molar-refractivity contribution in [2.24, 2.45) is 5.92 Å². The number of amides is 1. The van der Waals surface area contributed by atoms with Crippen molar-refractivity contribution in [2.75, 3.05) is 22.9 Å². The summed E-state index contributed by atoms with van der Waals surface area (Å²) in [5, 5.41) is 8.96. The van der Waals surface area contributed by atoms with Crippen molar-refractivity contribution in [3.8, 4) is 6.07 Å². The lowest BCUT2D eigenvalue weighted by Gasteiger charge is -2.16. The SMILES string of the molecule is N#Cc1cnc(N)nc1N1CC(CS)CC1=O. The number of nitrogens with zero attached hydrogens (tertiary/aromatic N) is 4. The molecule has 0 radical (unpaired) electrons. The maximum absolute atomic E-state index is 11.8. The third kappa shape index (κ3) is 2.17. The van der Waals surface area contributed by atoms with Crippen LogP contribution < -0.4 is 10.6 Å². The minimum Gasteiger partial charge on any atom is -0.368 e. The van der Waals surface area contributed by atoms with Crippen LogP contribution >= 0.6 is 12.6 Å². The van der Waals surface area contributed by atoms with Crippen LogP contribution in [0.15, 0.2) is 6.20 Å². The zero-order valence-electron chi connectivity index (χ0n) is 9.00. The average molecular weight is 249 g/mol. The van der Waals surface area contributed by atoms with Gasteiger partial charge in [0.1, 0.15) is 11.6 Å². The molecular formula is C10H11N5OS. The minimum atomic E-state index is -0.0568. The Hall–Kier alpha value is -1.81. The fourth-order valence-corrected chi connectivity index (χ4v) is 2.02. The largest absolute Gasteiger partial charge is 0.368 e. The Morgan fingerprint density at radius 2 is 2.47 bits per heavy atom. The van der Waals surface area contributed by atoms with Crippen LogP contribution in [0.4, 0.5) is 11.8 Å². The monoisotopic (exact) mass is 249 g/mol. The zero-order chi connectivity index (χ0) is 12.4. The molecule has 2 heterocycles. The number of hydrogen-bond donors (Lipinski definition) is 2. The normalized spacial score (nSPS) is 19.4. The van der Waals surface area contributed by atoms with Crippen LogP contribution in [-0.2, 0) is 4.79 Å². The Kier molecular flexibility index (Phi) is 3.15. The minimum absolute atomic E-state index is 0.0566. The van der Waals surface area contributed by atoms with E-state index in [0.717, 1.165) is 0 Å². The Morgan fingerprint density at radius 1 is 1.71 bits per heavy atom. The number of carbonyl (C=O) groups is 1. The summed E-state index contributed by atoms with van der Waals surface area (Å²) in [5.41, 5.74) is 5.73. The maximum Gasteiger partial charge on any atom is 0.228 e. The quantitative estimate of drug-likeness (QED) is 0.731. The molecule has 88 valence electrons. The van der Waals surface area contributed by atoms with E-state index in [4.69, 9.17) is 11.0 Å². The van der Waals surface area contributed by atoms with Crippen LogP contribution in [0.2, 0.25) is 0 Å². The highest BCUT2D eigenvalue weighted by Crippen LogP contribution is 2.26. The summed E-state index contributed by atoms with van der Waals surface area (Å²) in [5.74, 6) is 1.12. The molecule has 17 heavy (non-hydrogen) atoms. The van der Waals surface area contributed by atoms with Gasteiger partial charge in [-0.1, -0.05) is 0 Å². The maximum atomic E-state index is 11.8. The molecule has 1 aliphatic rings. The molecule has 0 aromatic carbocycles. The molecule has 1 aromatic rings. The molecule has 0 saturated carbocycles. The van der Waals surface area contributed by atoms with Crippen LogP contribution in [0.5, 0.6) is 0 Å². The molecule has 1 unspecified atom stereocenters. The molecule has 2 N–H and O–H groups in total. The smallest absolute Gasteiger partial charge is 0.228 e. The summed E-state index contributed by atoms with van der Waals surface area (Å²) >= 11 is 4.18. The predicted molar refractivity (Wildman–Crippen MR) is 65.5 cm³/mol. The topological polar surface area (TPSA) is 95.9 Å². The standard InChI is InChI=1S/C10H11N5OS/c11-2-7-3-13-10(12)14-9(7)15-4-6(5-17)1-8(15)16/h3,6,17H,1,4-5H2,(H2,12,13,14). The fraction of sp³-hybridized carbons (Fsp3) is 0.400. The van der Waals surface area contributed by atoms with Gasteiger partial charge in [-0.2, -0.15) is 22.9 Å². The first-order chi connectivity index (χ1) is 8.15. The summed E-state index contributed by atoms with van der Waals surface area (Å²) in [7, 11) is 0. The predicted octanol–water partition coefficient (Wildman–Crippen LogP) is 0.213. The van der Waals surface area contributed by atoms with E-state index in [0.29, 0.717) is 24.5 Å². The van der Waals surface area contributed by atoms with Crippen molar-refractivity contribution >= 4 is 30.3 Å². The number of nitriles is 1. The number of thiol groups is 1. The molecule has 0 bridgehead atoms. The van der Waals surface area contributed by atoms with Gasteiger partial charge < -0.3 is 5.73 Å². The van der Waals surface area contributed by atoms with E-state index >= 15 is 0 Å². The van der Waals surface area contributed by atoms with Gasteiger partial charge in [-0.05, 0) is 11.7 Å². The van der Waals surface area contributed by atoms with Gasteiger partial charge in [0.25, 0.3) is 0 Å². The number of anilines is 2. The molecule has 0 spiro atoms. The number of rotatable bonds is 2. The molecule has 1 aliphatic heterocycles. The van der Waals surface area contributed by atoms with E-state index in [-0.39, 0.29) is 23.3 Å². The molecule has 7 heteroatoms. The number of carbonyl (C=O) groups excluding carboxylic acids is 1. The Labute approximate surface area is 104 Å². The summed E-state index contributed by atoms with van der Waals surface area (Å²) < 4.78 is 0. The summed E-state index contributed by atoms with van der Waals surface area (Å²) in [6.07, 6.45) is 1.76. The molecule has 6 nitrogen and oxygen atoms in total. The fourth-order valence-electron chi connectivity index (χ4n) is 1.78. The third-order valence-corrected chi connectivity index (χ3v) is 3.14. The van der Waals surface area contributed by atoms with Crippen LogP contribution in [0, 0.1) is 17.2 Å². The van der Waals surface area contributed by atoms with Gasteiger partial charge in [0.2, 0.25) is 11.9 Å². The zero-order valence-corrected chi connectivity index (χ0v) is 9.89. The average Bonchev–Trinajstić information content (AvgIpc) is 2.70. The van der Waals surface area contributed by atoms with Gasteiger partial charge in [0.15, 0.2) is 5.82 Å². The highest BCUT2D eigenvalue weighted by Gasteiger charge is 2.32. The lowest BCUT2D eigenvalue weighted by atomic mass is 10.1. The first-order valence-electron chi connectivity index (χ1n) is 5.09. The van der Waals surface area contributed by atoms with Crippen LogP contribution in [0.1, 0.15) is 12.0 Å². The Morgan fingerprint density at radius 3 is 3.06 bits per heavy atom. The Bertz CT molecular complexity index is 498. The summed E-state index contributed by atoms with van der Waals surface area (Å²) in [4.78, 5) is 21.0. The van der Waals surface area contributed by atoms with Crippen LogP contribution in [0.25, 0.3) is 0 Å². The molecule has 1 atom stereocenters. The Balaban J connectivity index is 2.37. The molecular weight excluding hydrogens is 238 g/mol. The molecule has 1 aromatic heterocycles. The number of nitrogen functional groups attached to an aromatic ring is 1. The number of aromatic nitrogens is 2.